The smallest absolute Gasteiger partial charge is 0.309 e. The summed E-state index contributed by atoms with van der Waals surface area (Å²) >= 11 is 0. The predicted molar refractivity (Wildman–Crippen MR) is 133 cm³/mol. The van der Waals surface area contributed by atoms with Gasteiger partial charge in [-0.2, -0.15) is 0 Å². The van der Waals surface area contributed by atoms with Gasteiger partial charge in [-0.25, -0.2) is 0 Å². The summed E-state index contributed by atoms with van der Waals surface area (Å²) in [4.78, 5) is 12.9. The van der Waals surface area contributed by atoms with Crippen molar-refractivity contribution in [1.29, 1.82) is 0 Å². The largest absolute Gasteiger partial charge is 0.481 e. The fraction of sp³-hybridized carbons (Fsp3) is 0.967. The van der Waals surface area contributed by atoms with Crippen LogP contribution in [0.2, 0.25) is 0 Å². The molecule has 5 fully saturated rings. The van der Waals surface area contributed by atoms with Crippen molar-refractivity contribution in [2.75, 3.05) is 0 Å². The zero-order valence-electron chi connectivity index (χ0n) is 22.5. The number of aliphatic carboxylic acids is 1. The molecule has 33 heavy (non-hydrogen) atoms. The Bertz CT molecular complexity index is 834. The van der Waals surface area contributed by atoms with Crippen molar-refractivity contribution < 1.29 is 15.0 Å². The fourth-order valence-electron chi connectivity index (χ4n) is 11.4. The van der Waals surface area contributed by atoms with Crippen LogP contribution >= 0.6 is 0 Å². The Morgan fingerprint density at radius 1 is 0.697 bits per heavy atom. The van der Waals surface area contributed by atoms with Crippen LogP contribution < -0.4 is 0 Å². The molecule has 3 unspecified atom stereocenters. The van der Waals surface area contributed by atoms with Gasteiger partial charge in [-0.3, -0.25) is 4.79 Å². The third kappa shape index (κ3) is 2.87. The Labute approximate surface area is 202 Å². The molecule has 0 radical (unpaired) electrons. The molecule has 5 aliphatic rings. The SMILES string of the molecule is C[C@H]1[C@@H](O)CCC2[C@]3(C)CC[C@@]4(C)C5CC(C)(C)CC[C@]5(C(=O)O)CC[C@]4(C)C3CC[C@@]21C. The van der Waals surface area contributed by atoms with Gasteiger partial charge in [-0.1, -0.05) is 48.5 Å². The molecule has 0 bridgehead atoms. The molecule has 0 aromatic rings. The zero-order valence-corrected chi connectivity index (χ0v) is 22.5. The summed E-state index contributed by atoms with van der Waals surface area (Å²) in [6.45, 7) is 17.3. The van der Waals surface area contributed by atoms with Crippen molar-refractivity contribution in [1.82, 2.24) is 0 Å². The minimum absolute atomic E-state index is 0.0963. The molecule has 0 saturated heterocycles. The number of hydrogen-bond donors (Lipinski definition) is 2. The van der Waals surface area contributed by atoms with E-state index in [-0.39, 0.29) is 33.7 Å². The van der Waals surface area contributed by atoms with E-state index in [2.05, 4.69) is 48.5 Å². The highest BCUT2D eigenvalue weighted by molar-refractivity contribution is 5.76. The lowest BCUT2D eigenvalue weighted by Gasteiger charge is -2.74. The van der Waals surface area contributed by atoms with Gasteiger partial charge in [-0.15, -0.1) is 0 Å². The second kappa shape index (κ2) is 7.01. The first kappa shape index (κ1) is 24.1. The molecule has 0 aliphatic heterocycles. The molecule has 188 valence electrons. The van der Waals surface area contributed by atoms with Crippen LogP contribution in [0.25, 0.3) is 0 Å². The van der Waals surface area contributed by atoms with E-state index in [1.165, 1.54) is 25.7 Å². The molecular weight excluding hydrogens is 408 g/mol. The summed E-state index contributed by atoms with van der Waals surface area (Å²) in [7, 11) is 0. The Morgan fingerprint density at radius 2 is 1.30 bits per heavy atom. The van der Waals surface area contributed by atoms with Crippen LogP contribution in [-0.2, 0) is 4.79 Å². The molecule has 0 heterocycles. The number of rotatable bonds is 1. The number of carbonyl (C=O) groups is 1. The van der Waals surface area contributed by atoms with Crippen LogP contribution in [0.5, 0.6) is 0 Å². The summed E-state index contributed by atoms with van der Waals surface area (Å²) in [5, 5.41) is 21.3. The van der Waals surface area contributed by atoms with Gasteiger partial charge in [-0.05, 0) is 121 Å². The third-order valence-electron chi connectivity index (χ3n) is 13.9. The minimum atomic E-state index is -0.510. The van der Waals surface area contributed by atoms with Crippen LogP contribution in [-0.4, -0.2) is 22.3 Å². The summed E-state index contributed by atoms with van der Waals surface area (Å²) in [6.07, 6.45) is 11.8. The summed E-state index contributed by atoms with van der Waals surface area (Å²) in [6, 6.07) is 0. The van der Waals surface area contributed by atoms with Gasteiger partial charge in [0.2, 0.25) is 0 Å². The Hall–Kier alpha value is -0.570. The monoisotopic (exact) mass is 458 g/mol. The maximum atomic E-state index is 12.9. The number of aliphatic hydroxyl groups excluding tert-OH is 1. The van der Waals surface area contributed by atoms with Crippen LogP contribution in [0.1, 0.15) is 119 Å². The predicted octanol–water partition coefficient (Wildman–Crippen LogP) is 7.31. The highest BCUT2D eigenvalue weighted by Gasteiger charge is 2.72. The molecule has 3 nitrogen and oxygen atoms in total. The Balaban J connectivity index is 1.57. The highest BCUT2D eigenvalue weighted by Crippen LogP contribution is 2.78. The number of carboxylic acids is 1. The molecule has 5 rings (SSSR count). The van der Waals surface area contributed by atoms with E-state index in [1.54, 1.807) is 0 Å². The fourth-order valence-corrected chi connectivity index (χ4v) is 11.4. The average molecular weight is 459 g/mol. The topological polar surface area (TPSA) is 57.5 Å². The van der Waals surface area contributed by atoms with Gasteiger partial charge in [0.25, 0.3) is 0 Å². The van der Waals surface area contributed by atoms with E-state index in [4.69, 9.17) is 0 Å². The normalized spacial score (nSPS) is 57.8. The van der Waals surface area contributed by atoms with Crippen LogP contribution in [0, 0.1) is 56.2 Å². The third-order valence-corrected chi connectivity index (χ3v) is 13.9. The van der Waals surface area contributed by atoms with Gasteiger partial charge in [0, 0.05) is 0 Å². The van der Waals surface area contributed by atoms with Crippen molar-refractivity contribution in [3.05, 3.63) is 0 Å². The van der Waals surface area contributed by atoms with Crippen molar-refractivity contribution in [2.45, 2.75) is 125 Å². The van der Waals surface area contributed by atoms with E-state index < -0.39 is 11.4 Å². The lowest BCUT2D eigenvalue weighted by molar-refractivity contribution is -0.265. The first-order chi connectivity index (χ1) is 15.2. The molecule has 5 aliphatic carbocycles. The summed E-state index contributed by atoms with van der Waals surface area (Å²) in [5.74, 6) is 1.50. The minimum Gasteiger partial charge on any atom is -0.481 e. The van der Waals surface area contributed by atoms with Crippen LogP contribution in [0.15, 0.2) is 0 Å². The molecule has 3 heteroatoms. The summed E-state index contributed by atoms with van der Waals surface area (Å²) in [5.41, 5.74) is 0.578. The second-order valence-corrected chi connectivity index (χ2v) is 15.3. The maximum Gasteiger partial charge on any atom is 0.309 e. The lowest BCUT2D eigenvalue weighted by atomic mass is 9.30. The van der Waals surface area contributed by atoms with Crippen molar-refractivity contribution in [3.63, 3.8) is 0 Å². The van der Waals surface area contributed by atoms with Gasteiger partial charge < -0.3 is 10.2 Å². The summed E-state index contributed by atoms with van der Waals surface area (Å²) < 4.78 is 0. The zero-order chi connectivity index (χ0) is 24.2. The first-order valence-electron chi connectivity index (χ1n) is 14.1. The van der Waals surface area contributed by atoms with E-state index in [1.807, 2.05) is 0 Å². The molecule has 2 N–H and O–H groups in total. The molecule has 0 aromatic carbocycles. The Morgan fingerprint density at radius 3 is 1.97 bits per heavy atom. The van der Waals surface area contributed by atoms with Gasteiger partial charge >= 0.3 is 5.97 Å². The van der Waals surface area contributed by atoms with Crippen molar-refractivity contribution in [3.8, 4) is 0 Å². The number of aliphatic hydroxyl groups is 1. The van der Waals surface area contributed by atoms with E-state index in [0.717, 1.165) is 44.9 Å². The Kier molecular flexibility index (Phi) is 5.13. The number of hydrogen-bond acceptors (Lipinski definition) is 2. The highest BCUT2D eigenvalue weighted by atomic mass is 16.4. The molecule has 0 spiro atoms. The molecule has 0 aromatic heterocycles. The average Bonchev–Trinajstić information content (AvgIpc) is 2.73. The van der Waals surface area contributed by atoms with E-state index >= 15 is 0 Å². The maximum absolute atomic E-state index is 12.9. The molecule has 10 atom stereocenters. The second-order valence-electron chi connectivity index (χ2n) is 15.3. The quantitative estimate of drug-likeness (QED) is 0.433. The molecular formula is C30H50O3. The lowest BCUT2D eigenvalue weighted by Crippen LogP contribution is -2.69. The van der Waals surface area contributed by atoms with Crippen LogP contribution in [0.3, 0.4) is 0 Å². The molecule has 5 saturated carbocycles. The van der Waals surface area contributed by atoms with Crippen LogP contribution in [0.4, 0.5) is 0 Å². The molecule has 0 amide bonds. The van der Waals surface area contributed by atoms with E-state index in [9.17, 15) is 15.0 Å². The van der Waals surface area contributed by atoms with Gasteiger partial charge in [0.1, 0.15) is 0 Å². The number of fused-ring (bicyclic) bond motifs is 7. The van der Waals surface area contributed by atoms with Crippen molar-refractivity contribution >= 4 is 5.97 Å². The number of carboxylic acid groups (broad SMARTS) is 1. The van der Waals surface area contributed by atoms with Gasteiger partial charge in [0.05, 0.1) is 11.5 Å². The van der Waals surface area contributed by atoms with Gasteiger partial charge in [0.15, 0.2) is 0 Å². The standard InChI is InChI=1S/C30H50O3/c1-19-20(31)8-9-21-26(19,4)11-10-22-27(21,5)13-14-29(7)23-18-25(2,3)12-16-30(23,24(32)33)17-15-28(22,29)6/h19-23,31H,8-18H2,1-7H3,(H,32,33)/t19-,20-,21?,22?,23?,26+,27-,28+,29-,30-/m0/s1. The van der Waals surface area contributed by atoms with E-state index in [0.29, 0.717) is 23.2 Å². The van der Waals surface area contributed by atoms with Crippen molar-refractivity contribution in [2.24, 2.45) is 56.2 Å². The first-order valence-corrected chi connectivity index (χ1v) is 14.1.